The molecule has 0 aliphatic heterocycles. The third-order valence-corrected chi connectivity index (χ3v) is 2.47. The Morgan fingerprint density at radius 2 is 1.91 bits per heavy atom. The lowest BCUT2D eigenvalue weighted by molar-refractivity contribution is 0.0778. The number of ether oxygens (including phenoxy) is 2. The van der Waals surface area contributed by atoms with E-state index in [9.17, 15) is 4.79 Å². The van der Waals surface area contributed by atoms with Gasteiger partial charge in [-0.05, 0) is 18.8 Å². The second-order valence-corrected chi connectivity index (χ2v) is 7.69. The van der Waals surface area contributed by atoms with E-state index in [2.05, 4.69) is 23.5 Å². The van der Waals surface area contributed by atoms with Gasteiger partial charge in [-0.1, -0.05) is 0 Å². The summed E-state index contributed by atoms with van der Waals surface area (Å²) >= 11 is 0. The van der Waals surface area contributed by atoms with E-state index in [1.165, 1.54) is 7.11 Å². The van der Waals surface area contributed by atoms with Crippen LogP contribution in [0.3, 0.4) is 0 Å². The first-order valence-corrected chi connectivity index (χ1v) is 6.35. The Balaban J connectivity index is 3.35. The molecule has 0 spiro atoms. The summed E-state index contributed by atoms with van der Waals surface area (Å²) in [4.78, 5) is 10.5. The van der Waals surface area contributed by atoms with Crippen molar-refractivity contribution in [2.75, 3.05) is 38.2 Å². The molecule has 11 heavy (non-hydrogen) atoms. The van der Waals surface area contributed by atoms with Crippen molar-refractivity contribution in [2.24, 2.45) is 0 Å². The summed E-state index contributed by atoms with van der Waals surface area (Å²) in [6, 6.07) is 0. The third-order valence-electron chi connectivity index (χ3n) is 1.08. The molecular formula is C7H16O3S. The molecule has 0 atom stereocenters. The van der Waals surface area contributed by atoms with E-state index >= 15 is 0 Å². The van der Waals surface area contributed by atoms with Gasteiger partial charge >= 0.3 is 6.16 Å². The monoisotopic (exact) mass is 180 g/mol. The maximum Gasteiger partial charge on any atom is 0.508 e. The van der Waals surface area contributed by atoms with Crippen molar-refractivity contribution in [2.45, 2.75) is 0 Å². The number of carbonyl (C=O) groups excluding carboxylic acids is 1. The van der Waals surface area contributed by atoms with Gasteiger partial charge in [-0.25, -0.2) is 14.8 Å². The zero-order valence-corrected chi connectivity index (χ0v) is 8.36. The van der Waals surface area contributed by atoms with Crippen LogP contribution in [-0.4, -0.2) is 44.4 Å². The van der Waals surface area contributed by atoms with E-state index in [1.807, 2.05) is 0 Å². The van der Waals surface area contributed by atoms with Crippen molar-refractivity contribution < 1.29 is 14.3 Å². The Kier molecular flexibility index (Phi) is 4.33. The van der Waals surface area contributed by atoms with Crippen LogP contribution in [0.1, 0.15) is 0 Å². The van der Waals surface area contributed by atoms with Crippen LogP contribution < -0.4 is 0 Å². The molecule has 0 heterocycles. The molecule has 0 aromatic carbocycles. The summed E-state index contributed by atoms with van der Waals surface area (Å²) in [6.45, 7) is 0.464. The van der Waals surface area contributed by atoms with Crippen molar-refractivity contribution in [3.8, 4) is 0 Å². The topological polar surface area (TPSA) is 35.5 Å². The Labute approximate surface area is 69.4 Å². The molecule has 0 aliphatic carbocycles. The highest BCUT2D eigenvalue weighted by Gasteiger charge is 2.06. The van der Waals surface area contributed by atoms with Crippen LogP contribution in [0.15, 0.2) is 0 Å². The van der Waals surface area contributed by atoms with Crippen molar-refractivity contribution in [3.05, 3.63) is 0 Å². The minimum atomic E-state index is -0.589. The molecule has 0 unspecified atom stereocenters. The number of rotatable bonds is 3. The van der Waals surface area contributed by atoms with Gasteiger partial charge in [-0.15, -0.1) is 0 Å². The van der Waals surface area contributed by atoms with E-state index in [1.54, 1.807) is 0 Å². The Morgan fingerprint density at radius 1 is 1.36 bits per heavy atom. The standard InChI is InChI=1S/C7H16O3S/c1-9-7(8)10-5-6-11(2,3)4/h5-6H2,1-4H3. The fourth-order valence-corrected chi connectivity index (χ4v) is 1.02. The lowest BCUT2D eigenvalue weighted by Gasteiger charge is -2.23. The molecule has 3 nitrogen and oxygen atoms in total. The van der Waals surface area contributed by atoms with Gasteiger partial charge in [-0.2, -0.15) is 0 Å². The number of hydrogen-bond acceptors (Lipinski definition) is 3. The summed E-state index contributed by atoms with van der Waals surface area (Å²) in [5.41, 5.74) is 0. The smallest absolute Gasteiger partial charge is 0.438 e. The number of carbonyl (C=O) groups is 1. The summed E-state index contributed by atoms with van der Waals surface area (Å²) < 4.78 is 9.04. The fraction of sp³-hybridized carbons (Fsp3) is 0.857. The third kappa shape index (κ3) is 7.52. The van der Waals surface area contributed by atoms with E-state index < -0.39 is 16.2 Å². The van der Waals surface area contributed by atoms with Gasteiger partial charge in [0, 0.05) is 5.75 Å². The average molecular weight is 180 g/mol. The Morgan fingerprint density at radius 3 is 2.27 bits per heavy atom. The second-order valence-electron chi connectivity index (χ2n) is 3.10. The second kappa shape index (κ2) is 4.49. The highest BCUT2D eigenvalue weighted by molar-refractivity contribution is 8.32. The lowest BCUT2D eigenvalue weighted by atomic mass is 10.9. The van der Waals surface area contributed by atoms with E-state index in [0.717, 1.165) is 5.75 Å². The molecule has 0 radical (unpaired) electrons. The maximum absolute atomic E-state index is 10.5. The first kappa shape index (κ1) is 10.6. The van der Waals surface area contributed by atoms with Crippen LogP contribution in [0, 0.1) is 0 Å². The van der Waals surface area contributed by atoms with Crippen LogP contribution in [0.4, 0.5) is 4.79 Å². The minimum Gasteiger partial charge on any atom is -0.438 e. The predicted molar refractivity (Wildman–Crippen MR) is 48.6 cm³/mol. The van der Waals surface area contributed by atoms with E-state index in [4.69, 9.17) is 4.74 Å². The van der Waals surface area contributed by atoms with Crippen LogP contribution >= 0.6 is 10.0 Å². The van der Waals surface area contributed by atoms with Crippen LogP contribution in [0.25, 0.3) is 0 Å². The molecule has 0 aromatic heterocycles. The Bertz CT molecular complexity index is 128. The van der Waals surface area contributed by atoms with E-state index in [0.29, 0.717) is 6.61 Å². The molecule has 0 aromatic rings. The number of methoxy groups -OCH3 is 1. The normalized spacial score (nSPS) is 12.4. The van der Waals surface area contributed by atoms with Crippen molar-refractivity contribution in [1.29, 1.82) is 0 Å². The fourth-order valence-electron chi connectivity index (χ4n) is 0.434. The predicted octanol–water partition coefficient (Wildman–Crippen LogP) is 1.46. The molecule has 0 saturated heterocycles. The van der Waals surface area contributed by atoms with Crippen molar-refractivity contribution >= 4 is 16.2 Å². The molecule has 0 bridgehead atoms. The molecule has 0 fully saturated rings. The molecular weight excluding hydrogens is 164 g/mol. The molecule has 0 aliphatic rings. The number of hydrogen-bond donors (Lipinski definition) is 0. The van der Waals surface area contributed by atoms with Gasteiger partial charge in [0.15, 0.2) is 0 Å². The highest BCUT2D eigenvalue weighted by Crippen LogP contribution is 2.33. The molecule has 0 N–H and O–H groups in total. The molecule has 0 amide bonds. The first-order valence-electron chi connectivity index (χ1n) is 3.32. The van der Waals surface area contributed by atoms with Crippen LogP contribution in [0.5, 0.6) is 0 Å². The van der Waals surface area contributed by atoms with Gasteiger partial charge in [-0.3, -0.25) is 0 Å². The van der Waals surface area contributed by atoms with Crippen LogP contribution in [0.2, 0.25) is 0 Å². The van der Waals surface area contributed by atoms with E-state index in [-0.39, 0.29) is 0 Å². The molecule has 68 valence electrons. The minimum absolute atomic E-state index is 0.464. The zero-order chi connectivity index (χ0) is 8.91. The summed E-state index contributed by atoms with van der Waals surface area (Å²) in [5.74, 6) is 0.933. The quantitative estimate of drug-likeness (QED) is 0.617. The molecule has 4 heteroatoms. The van der Waals surface area contributed by atoms with Gasteiger partial charge < -0.3 is 9.47 Å². The van der Waals surface area contributed by atoms with Gasteiger partial charge in [0.1, 0.15) is 6.61 Å². The maximum atomic E-state index is 10.5. The average Bonchev–Trinajstić information content (AvgIpc) is 1.85. The Hall–Kier alpha value is -0.380. The lowest BCUT2D eigenvalue weighted by Crippen LogP contribution is -2.11. The van der Waals surface area contributed by atoms with Gasteiger partial charge in [0.2, 0.25) is 0 Å². The SMILES string of the molecule is COC(=O)OCCS(C)(C)C. The first-order chi connectivity index (χ1) is 4.95. The van der Waals surface area contributed by atoms with Crippen molar-refractivity contribution in [1.82, 2.24) is 0 Å². The zero-order valence-electron chi connectivity index (χ0n) is 7.55. The summed E-state index contributed by atoms with van der Waals surface area (Å²) in [5, 5.41) is 0. The molecule has 0 rings (SSSR count). The van der Waals surface area contributed by atoms with Gasteiger partial charge in [0.05, 0.1) is 7.11 Å². The molecule has 0 saturated carbocycles. The van der Waals surface area contributed by atoms with Crippen LogP contribution in [-0.2, 0) is 9.47 Å². The summed E-state index contributed by atoms with van der Waals surface area (Å²) in [7, 11) is 0.751. The highest BCUT2D eigenvalue weighted by atomic mass is 32.3. The largest absolute Gasteiger partial charge is 0.508 e. The van der Waals surface area contributed by atoms with Gasteiger partial charge in [0.25, 0.3) is 0 Å². The van der Waals surface area contributed by atoms with Crippen molar-refractivity contribution in [3.63, 3.8) is 0 Å². The summed E-state index contributed by atoms with van der Waals surface area (Å²) in [6.07, 6.45) is 5.93.